The normalized spacial score (nSPS) is 15.3. The number of hydrogen-bond donors (Lipinski definition) is 2. The molecule has 31 heavy (non-hydrogen) atoms. The molecule has 9 heteroatoms. The van der Waals surface area contributed by atoms with Crippen molar-refractivity contribution in [3.05, 3.63) is 71.2 Å². The quantitative estimate of drug-likeness (QED) is 0.429. The van der Waals surface area contributed by atoms with Crippen LogP contribution in [0.5, 0.6) is 0 Å². The highest BCUT2D eigenvalue weighted by Crippen LogP contribution is 2.43. The van der Waals surface area contributed by atoms with Crippen molar-refractivity contribution in [3.8, 4) is 0 Å². The van der Waals surface area contributed by atoms with Crippen molar-refractivity contribution < 1.29 is 35.8 Å². The number of hydrogen-bond acceptors (Lipinski definition) is 1. The smallest absolute Gasteiger partial charge is 0.380 e. The van der Waals surface area contributed by atoms with E-state index in [1.165, 1.54) is 26.0 Å². The van der Waals surface area contributed by atoms with Crippen LogP contribution in [0, 0.1) is 5.82 Å². The van der Waals surface area contributed by atoms with Crippen molar-refractivity contribution in [1.29, 1.82) is 0 Å². The largest absolute Gasteiger partial charge is 0.417 e. The maximum atomic E-state index is 13.9. The fourth-order valence-electron chi connectivity index (χ4n) is 3.78. The van der Waals surface area contributed by atoms with Crippen molar-refractivity contribution in [2.75, 3.05) is 0 Å². The van der Waals surface area contributed by atoms with Crippen molar-refractivity contribution in [1.82, 2.24) is 4.98 Å². The van der Waals surface area contributed by atoms with E-state index in [1.807, 2.05) is 0 Å². The van der Waals surface area contributed by atoms with Crippen LogP contribution in [0.4, 0.5) is 30.7 Å². The van der Waals surface area contributed by atoms with E-state index in [0.29, 0.717) is 0 Å². The maximum absolute atomic E-state index is 13.9. The second-order valence-corrected chi connectivity index (χ2v) is 8.37. The molecule has 0 aliphatic rings. The van der Waals surface area contributed by atoms with Crippen LogP contribution < -0.4 is 0 Å². The molecule has 3 aromatic rings. The number of benzene rings is 2. The molecule has 1 unspecified atom stereocenters. The number of alkyl halides is 6. The average Bonchev–Trinajstić information content (AvgIpc) is 3.00. The minimum absolute atomic E-state index is 0.0656. The number of H-pyrrole nitrogens is 1. The van der Waals surface area contributed by atoms with E-state index in [0.717, 1.165) is 36.4 Å². The zero-order chi connectivity index (χ0) is 23.2. The molecule has 2 N–H and O–H groups in total. The Kier molecular flexibility index (Phi) is 5.63. The van der Waals surface area contributed by atoms with Crippen molar-refractivity contribution in [2.45, 2.75) is 50.1 Å². The van der Waals surface area contributed by atoms with E-state index >= 15 is 0 Å². The first-order chi connectivity index (χ1) is 14.1. The van der Waals surface area contributed by atoms with Crippen LogP contribution >= 0.6 is 0 Å². The first-order valence-corrected chi connectivity index (χ1v) is 9.35. The predicted molar refractivity (Wildman–Crippen MR) is 102 cm³/mol. The summed E-state index contributed by atoms with van der Waals surface area (Å²) in [7, 11) is 0. The summed E-state index contributed by atoms with van der Waals surface area (Å²) in [5.74, 6) is -0.614. The third kappa shape index (κ3) is 4.87. The summed E-state index contributed by atoms with van der Waals surface area (Å²) in [5.41, 5.74) is -4.94. The lowest BCUT2D eigenvalue weighted by Gasteiger charge is -2.38. The number of fused-ring (bicyclic) bond motifs is 1. The predicted octanol–water partition coefficient (Wildman–Crippen LogP) is 6.53. The first kappa shape index (κ1) is 23.1. The molecule has 0 aliphatic heterocycles. The van der Waals surface area contributed by atoms with Crippen molar-refractivity contribution >= 4 is 10.9 Å². The molecule has 1 atom stereocenters. The second kappa shape index (κ2) is 7.55. The molecule has 0 spiro atoms. The fraction of sp³-hybridized carbons (Fsp3) is 0.364. The van der Waals surface area contributed by atoms with Crippen molar-refractivity contribution in [2.24, 2.45) is 0 Å². The lowest BCUT2D eigenvalue weighted by molar-refractivity contribution is -0.266. The Morgan fingerprint density at radius 3 is 2.13 bits per heavy atom. The fourth-order valence-corrected chi connectivity index (χ4v) is 3.78. The van der Waals surface area contributed by atoms with Gasteiger partial charge < -0.3 is 10.1 Å². The van der Waals surface area contributed by atoms with Gasteiger partial charge in [-0.2, -0.15) is 26.3 Å². The van der Waals surface area contributed by atoms with Gasteiger partial charge in [-0.25, -0.2) is 4.39 Å². The first-order valence-electron chi connectivity index (χ1n) is 9.35. The Balaban J connectivity index is 1.96. The number of rotatable bonds is 5. The molecule has 0 amide bonds. The van der Waals surface area contributed by atoms with Crippen molar-refractivity contribution in [3.63, 3.8) is 0 Å². The summed E-state index contributed by atoms with van der Waals surface area (Å²) in [6.45, 7) is 2.92. The molecule has 168 valence electrons. The summed E-state index contributed by atoms with van der Waals surface area (Å²) in [5, 5.41) is 10.7. The van der Waals surface area contributed by atoms with Crippen LogP contribution in [-0.4, -0.2) is 21.9 Å². The lowest BCUT2D eigenvalue weighted by atomic mass is 9.73. The summed E-state index contributed by atoms with van der Waals surface area (Å²) in [6, 6.07) is 9.07. The van der Waals surface area contributed by atoms with Gasteiger partial charge in [0, 0.05) is 23.0 Å². The monoisotopic (exact) mass is 447 g/mol. The molecule has 0 bridgehead atoms. The molecular formula is C22H20F7NO. The zero-order valence-corrected chi connectivity index (χ0v) is 16.6. The van der Waals surface area contributed by atoms with Gasteiger partial charge in [0.2, 0.25) is 0 Å². The Morgan fingerprint density at radius 1 is 0.871 bits per heavy atom. The van der Waals surface area contributed by atoms with Gasteiger partial charge in [-0.3, -0.25) is 0 Å². The highest BCUT2D eigenvalue weighted by Gasteiger charge is 2.56. The summed E-state index contributed by atoms with van der Waals surface area (Å²) in [4.78, 5) is 2.65. The third-order valence-electron chi connectivity index (χ3n) is 5.35. The Labute approximate surface area is 173 Å². The van der Waals surface area contributed by atoms with E-state index in [4.69, 9.17) is 0 Å². The van der Waals surface area contributed by atoms with Crippen LogP contribution in [0.2, 0.25) is 0 Å². The molecule has 0 saturated heterocycles. The summed E-state index contributed by atoms with van der Waals surface area (Å²) < 4.78 is 94.0. The molecule has 3 rings (SSSR count). The Bertz CT molecular complexity index is 1080. The van der Waals surface area contributed by atoms with Gasteiger partial charge in [0.15, 0.2) is 5.60 Å². The lowest BCUT2D eigenvalue weighted by Crippen LogP contribution is -2.50. The van der Waals surface area contributed by atoms with Gasteiger partial charge in [0.1, 0.15) is 5.82 Å². The number of nitrogens with one attached hydrogen (secondary N) is 1. The van der Waals surface area contributed by atoms with Crippen LogP contribution in [0.25, 0.3) is 10.9 Å². The van der Waals surface area contributed by atoms with Gasteiger partial charge in [-0.05, 0) is 53.8 Å². The summed E-state index contributed by atoms with van der Waals surface area (Å²) in [6.07, 6.45) is -11.3. The molecular weight excluding hydrogens is 427 g/mol. The van der Waals surface area contributed by atoms with E-state index < -0.39 is 47.6 Å². The minimum Gasteiger partial charge on any atom is -0.380 e. The second-order valence-electron chi connectivity index (χ2n) is 8.37. The maximum Gasteiger partial charge on any atom is 0.417 e. The molecule has 1 aromatic heterocycles. The van der Waals surface area contributed by atoms with E-state index in [-0.39, 0.29) is 22.2 Å². The molecule has 2 aromatic carbocycles. The topological polar surface area (TPSA) is 36.0 Å². The highest BCUT2D eigenvalue weighted by molar-refractivity contribution is 5.81. The molecule has 0 aliphatic carbocycles. The number of aromatic nitrogens is 1. The molecule has 1 heterocycles. The van der Waals surface area contributed by atoms with Crippen LogP contribution in [0.15, 0.2) is 48.5 Å². The number of aliphatic hydroxyl groups is 1. The number of aromatic amines is 1. The van der Waals surface area contributed by atoms with E-state index in [1.54, 1.807) is 0 Å². The SMILES string of the molecule is CC(C)(CC(O)(Cc1cc2cc(C(F)(F)F)ccc2[nH]1)C(F)(F)F)c1cccc(F)c1. The van der Waals surface area contributed by atoms with Gasteiger partial charge >= 0.3 is 12.4 Å². The minimum atomic E-state index is -5.04. The average molecular weight is 447 g/mol. The van der Waals surface area contributed by atoms with E-state index in [2.05, 4.69) is 4.98 Å². The van der Waals surface area contributed by atoms with Gasteiger partial charge in [-0.1, -0.05) is 26.0 Å². The standard InChI is InChI=1S/C22H20F7NO/c1-19(2,14-4-3-5-16(23)10-14)12-20(31,22(27,28)29)11-17-9-13-8-15(21(24,25)26)6-7-18(13)30-17/h3-10,30-31H,11-12H2,1-2H3. The Morgan fingerprint density at radius 2 is 1.55 bits per heavy atom. The third-order valence-corrected chi connectivity index (χ3v) is 5.35. The van der Waals surface area contributed by atoms with Crippen LogP contribution in [0.1, 0.15) is 37.1 Å². The zero-order valence-electron chi connectivity index (χ0n) is 16.6. The molecule has 2 nitrogen and oxygen atoms in total. The molecule has 0 saturated carbocycles. The van der Waals surface area contributed by atoms with Gasteiger partial charge in [-0.15, -0.1) is 0 Å². The molecule has 0 fully saturated rings. The van der Waals surface area contributed by atoms with Gasteiger partial charge in [0.05, 0.1) is 5.56 Å². The molecule has 0 radical (unpaired) electrons. The Hall–Kier alpha value is -2.55. The number of halogens is 7. The summed E-state index contributed by atoms with van der Waals surface area (Å²) >= 11 is 0. The van der Waals surface area contributed by atoms with Gasteiger partial charge in [0.25, 0.3) is 0 Å². The highest BCUT2D eigenvalue weighted by atomic mass is 19.4. The van der Waals surface area contributed by atoms with Crippen LogP contribution in [-0.2, 0) is 18.0 Å². The van der Waals surface area contributed by atoms with Crippen LogP contribution in [0.3, 0.4) is 0 Å². The van der Waals surface area contributed by atoms with E-state index in [9.17, 15) is 35.8 Å².